The van der Waals surface area contributed by atoms with Crippen molar-refractivity contribution in [1.29, 1.82) is 0 Å². The zero-order valence-electron chi connectivity index (χ0n) is 39.8. The van der Waals surface area contributed by atoms with Crippen molar-refractivity contribution in [2.75, 3.05) is 20.3 Å². The van der Waals surface area contributed by atoms with E-state index >= 15 is 0 Å². The highest BCUT2D eigenvalue weighted by molar-refractivity contribution is 6.73. The predicted molar refractivity (Wildman–Crippen MR) is 255 cm³/mol. The van der Waals surface area contributed by atoms with Crippen LogP contribution in [0.2, 0.25) is 18.1 Å². The molecule has 3 saturated heterocycles. The first-order valence-corrected chi connectivity index (χ1v) is 26.6. The molecule has 7 rings (SSSR count). The van der Waals surface area contributed by atoms with Gasteiger partial charge in [-0.25, -0.2) is 0 Å². The number of ketones is 1. The first-order valence-electron chi connectivity index (χ1n) is 24.1. The minimum Gasteiger partial charge on any atom is -0.497 e. The van der Waals surface area contributed by atoms with Crippen molar-refractivity contribution in [3.63, 3.8) is 0 Å². The van der Waals surface area contributed by atoms with Crippen molar-refractivity contribution >= 4 is 14.1 Å². The fourth-order valence-electron chi connectivity index (χ4n) is 9.76. The average molecular weight is 925 g/mol. The maximum Gasteiger partial charge on any atom is 0.192 e. The summed E-state index contributed by atoms with van der Waals surface area (Å²) in [7, 11) is -0.578. The van der Waals surface area contributed by atoms with Crippen LogP contribution < -0.4 is 4.74 Å². The summed E-state index contributed by atoms with van der Waals surface area (Å²) in [6.45, 7) is 12.3. The molecule has 0 aliphatic carbocycles. The Kier molecular flexibility index (Phi) is 17.8. The van der Waals surface area contributed by atoms with Gasteiger partial charge in [-0.1, -0.05) is 124 Å². The number of benzene rings is 4. The van der Waals surface area contributed by atoms with Crippen molar-refractivity contribution in [3.8, 4) is 5.75 Å². The van der Waals surface area contributed by atoms with Crippen LogP contribution in [0.25, 0.3) is 0 Å². The molecule has 0 radical (unpaired) electrons. The van der Waals surface area contributed by atoms with E-state index in [0.717, 1.165) is 46.1 Å². The molecular formula is C54H72O11Si. The number of aliphatic hydroxyl groups excluding tert-OH is 1. The van der Waals surface area contributed by atoms with Gasteiger partial charge in [0.1, 0.15) is 23.2 Å². The Labute approximate surface area is 393 Å². The van der Waals surface area contributed by atoms with Gasteiger partial charge in [0.2, 0.25) is 0 Å². The summed E-state index contributed by atoms with van der Waals surface area (Å²) in [6.07, 6.45) is -2.88. The SMILES string of the molecule is CC[Si](CC)(CC)O[C@@H]1C[C@@H]2O[C@H](c3ccccc3)OC[C@H]2O[C@@]1(C)C(O)CC(=O)C[C@@]1(C)O[C@@H](CCOCc2ccccc2)[C@H](OCc2ccccc2)C[C@@H]1OCc1ccc(OC)cc1. The molecule has 3 aliphatic heterocycles. The molecule has 358 valence electrons. The lowest BCUT2D eigenvalue weighted by Gasteiger charge is -2.53. The largest absolute Gasteiger partial charge is 0.497 e. The molecule has 10 atom stereocenters. The van der Waals surface area contributed by atoms with E-state index in [-0.39, 0.29) is 37.4 Å². The molecule has 4 aromatic carbocycles. The molecule has 0 amide bonds. The smallest absolute Gasteiger partial charge is 0.192 e. The van der Waals surface area contributed by atoms with Crippen LogP contribution in [-0.2, 0) is 62.2 Å². The first kappa shape index (κ1) is 50.1. The number of hydrogen-bond donors (Lipinski definition) is 1. The number of rotatable bonds is 23. The Hall–Kier alpha value is -3.79. The average Bonchev–Trinajstić information content (AvgIpc) is 3.34. The number of aliphatic hydroxyl groups is 1. The maximum absolute atomic E-state index is 14.7. The van der Waals surface area contributed by atoms with Crippen LogP contribution in [0.5, 0.6) is 5.75 Å². The van der Waals surface area contributed by atoms with E-state index in [1.807, 2.05) is 129 Å². The molecule has 1 unspecified atom stereocenters. The quantitative estimate of drug-likeness (QED) is 0.0566. The number of fused-ring (bicyclic) bond motifs is 1. The van der Waals surface area contributed by atoms with Crippen molar-refractivity contribution < 1.29 is 52.2 Å². The van der Waals surface area contributed by atoms with Crippen LogP contribution in [0.1, 0.15) is 95.3 Å². The molecule has 0 saturated carbocycles. The normalized spacial score (nSPS) is 28.3. The van der Waals surface area contributed by atoms with Gasteiger partial charge in [-0.3, -0.25) is 4.79 Å². The fraction of sp³-hybridized carbons (Fsp3) is 0.537. The van der Waals surface area contributed by atoms with Gasteiger partial charge >= 0.3 is 0 Å². The third kappa shape index (κ3) is 12.6. The van der Waals surface area contributed by atoms with E-state index in [2.05, 4.69) is 20.8 Å². The monoisotopic (exact) mass is 924 g/mol. The van der Waals surface area contributed by atoms with E-state index in [0.29, 0.717) is 45.7 Å². The highest BCUT2D eigenvalue weighted by Crippen LogP contribution is 2.44. The highest BCUT2D eigenvalue weighted by Gasteiger charge is 2.56. The van der Waals surface area contributed by atoms with Gasteiger partial charge < -0.3 is 47.4 Å². The highest BCUT2D eigenvalue weighted by atomic mass is 28.4. The lowest BCUT2D eigenvalue weighted by molar-refractivity contribution is -0.330. The molecule has 0 bridgehead atoms. The Bertz CT molecular complexity index is 2050. The molecule has 66 heavy (non-hydrogen) atoms. The van der Waals surface area contributed by atoms with E-state index in [1.54, 1.807) is 7.11 Å². The second-order valence-electron chi connectivity index (χ2n) is 18.6. The number of hydrogen-bond acceptors (Lipinski definition) is 11. The molecule has 4 aromatic rings. The van der Waals surface area contributed by atoms with E-state index < -0.39 is 56.3 Å². The Balaban J connectivity index is 1.10. The lowest BCUT2D eigenvalue weighted by atomic mass is 9.79. The number of ether oxygens (including phenoxy) is 8. The van der Waals surface area contributed by atoms with Gasteiger partial charge in [-0.05, 0) is 67.2 Å². The van der Waals surface area contributed by atoms with Crippen molar-refractivity contribution in [3.05, 3.63) is 138 Å². The van der Waals surface area contributed by atoms with Crippen LogP contribution in [0.3, 0.4) is 0 Å². The van der Waals surface area contributed by atoms with Crippen LogP contribution in [0.4, 0.5) is 0 Å². The molecule has 3 fully saturated rings. The van der Waals surface area contributed by atoms with Gasteiger partial charge in [0, 0.05) is 37.9 Å². The summed E-state index contributed by atoms with van der Waals surface area (Å²) in [5.74, 6) is 0.591. The molecule has 1 N–H and O–H groups in total. The van der Waals surface area contributed by atoms with Crippen molar-refractivity contribution in [2.45, 2.75) is 165 Å². The van der Waals surface area contributed by atoms with E-state index in [9.17, 15) is 9.90 Å². The second kappa shape index (κ2) is 23.5. The minimum atomic E-state index is -2.22. The number of carbonyl (C=O) groups is 1. The summed E-state index contributed by atoms with van der Waals surface area (Å²) in [6, 6.07) is 40.6. The third-order valence-corrected chi connectivity index (χ3v) is 18.8. The van der Waals surface area contributed by atoms with Crippen LogP contribution >= 0.6 is 0 Å². The Morgan fingerprint density at radius 3 is 1.98 bits per heavy atom. The number of carbonyl (C=O) groups excluding carboxylic acids is 1. The van der Waals surface area contributed by atoms with Gasteiger partial charge in [0.25, 0.3) is 0 Å². The summed E-state index contributed by atoms with van der Waals surface area (Å²) in [5.41, 5.74) is 1.76. The molecular weight excluding hydrogens is 853 g/mol. The Morgan fingerprint density at radius 2 is 1.35 bits per heavy atom. The van der Waals surface area contributed by atoms with Crippen molar-refractivity contribution in [1.82, 2.24) is 0 Å². The molecule has 0 spiro atoms. The summed E-state index contributed by atoms with van der Waals surface area (Å²) < 4.78 is 59.0. The minimum absolute atomic E-state index is 0.000317. The van der Waals surface area contributed by atoms with Crippen LogP contribution in [0, 0.1) is 0 Å². The lowest BCUT2D eigenvalue weighted by Crippen LogP contribution is -2.66. The van der Waals surface area contributed by atoms with Crippen LogP contribution in [0.15, 0.2) is 115 Å². The zero-order valence-corrected chi connectivity index (χ0v) is 40.8. The third-order valence-electron chi connectivity index (χ3n) is 14.2. The first-order chi connectivity index (χ1) is 32.0. The van der Waals surface area contributed by atoms with Crippen LogP contribution in [-0.4, -0.2) is 93.5 Å². The van der Waals surface area contributed by atoms with E-state index in [1.165, 1.54) is 0 Å². The predicted octanol–water partition coefficient (Wildman–Crippen LogP) is 10.1. The van der Waals surface area contributed by atoms with Gasteiger partial charge in [-0.15, -0.1) is 0 Å². The molecule has 0 aromatic heterocycles. The standard InChI is InChI=1S/C54H72O11Si/c1-7-66(8-2,9-3)65-51-33-47-48(38-61-52(62-47)42-23-17-12-18-24-42)64-54(51,5)49(56)31-43(55)34-53(4)50(60-37-41-25-27-44(57-6)28-26-41)32-46(59-36-40-21-15-11-16-22-40)45(63-53)29-30-58-35-39-19-13-10-14-20-39/h10-28,45-52,56H,7-9,29-38H2,1-6H3/t45-,46+,47-,48+,49?,50-,51+,52+,53+,54-/m0/s1. The van der Waals surface area contributed by atoms with Gasteiger partial charge in [-0.2, -0.15) is 0 Å². The zero-order chi connectivity index (χ0) is 46.6. The number of methoxy groups -OCH3 is 1. The topological polar surface area (TPSA) is 120 Å². The fourth-order valence-corrected chi connectivity index (χ4v) is 12.7. The molecule has 3 aliphatic rings. The van der Waals surface area contributed by atoms with Gasteiger partial charge in [0.15, 0.2) is 14.6 Å². The molecule has 11 nitrogen and oxygen atoms in total. The molecule has 12 heteroatoms. The van der Waals surface area contributed by atoms with Gasteiger partial charge in [0.05, 0.1) is 75.8 Å². The second-order valence-corrected chi connectivity index (χ2v) is 23.3. The number of Topliss-reactive ketones (excluding diaryl/α,β-unsaturated/α-hetero) is 1. The Morgan fingerprint density at radius 1 is 0.742 bits per heavy atom. The maximum atomic E-state index is 14.7. The molecule has 3 heterocycles. The van der Waals surface area contributed by atoms with Crippen molar-refractivity contribution in [2.24, 2.45) is 0 Å². The van der Waals surface area contributed by atoms with E-state index in [4.69, 9.17) is 42.3 Å². The summed E-state index contributed by atoms with van der Waals surface area (Å²) in [4.78, 5) is 14.7. The summed E-state index contributed by atoms with van der Waals surface area (Å²) >= 11 is 0. The summed E-state index contributed by atoms with van der Waals surface area (Å²) in [5, 5.41) is 12.4.